The highest BCUT2D eigenvalue weighted by Crippen LogP contribution is 2.22. The molecule has 0 atom stereocenters. The van der Waals surface area contributed by atoms with Crippen molar-refractivity contribution in [2.75, 3.05) is 0 Å². The van der Waals surface area contributed by atoms with Crippen LogP contribution < -0.4 is 11.3 Å². The zero-order valence-electron chi connectivity index (χ0n) is 15.2. The molecule has 2 aromatic rings. The predicted octanol–water partition coefficient (Wildman–Crippen LogP) is 0.807. The zero-order valence-corrected chi connectivity index (χ0v) is 15.2. The number of amides is 1. The number of esters is 1. The molecule has 0 saturated heterocycles. The Bertz CT molecular complexity index is 965. The van der Waals surface area contributed by atoms with Gasteiger partial charge in [-0.1, -0.05) is 0 Å². The minimum Gasteiger partial charge on any atom is -0.456 e. The van der Waals surface area contributed by atoms with Crippen LogP contribution in [-0.2, 0) is 17.6 Å². The first-order valence-electron chi connectivity index (χ1n) is 8.33. The largest absolute Gasteiger partial charge is 0.456 e. The highest BCUT2D eigenvalue weighted by Gasteiger charge is 2.30. The Morgan fingerprint density at radius 2 is 1.96 bits per heavy atom. The average molecular weight is 359 g/mol. The van der Waals surface area contributed by atoms with Crippen molar-refractivity contribution in [3.8, 4) is 5.95 Å². The van der Waals surface area contributed by atoms with Crippen molar-refractivity contribution in [3.63, 3.8) is 0 Å². The van der Waals surface area contributed by atoms with Gasteiger partial charge >= 0.3 is 5.97 Å². The molecule has 0 aromatic carbocycles. The number of ether oxygens (including phenoxy) is 1. The number of aromatic amines is 1. The number of hydrogen-bond acceptors (Lipinski definition) is 6. The Balaban J connectivity index is 2.14. The standard InChI is InChI=1S/C17H21N5O4/c1-8-11(15(25)26-17(2,3)4)12(13(18)23)21-22(8)16-19-10-7-5-6-9(10)14(24)20-16/h5-7H2,1-4H3,(H2,18,23)(H,19,20,24). The van der Waals surface area contributed by atoms with Gasteiger partial charge in [-0.25, -0.2) is 14.5 Å². The van der Waals surface area contributed by atoms with Gasteiger partial charge in [0.05, 0.1) is 11.4 Å². The van der Waals surface area contributed by atoms with Gasteiger partial charge in [0.15, 0.2) is 5.69 Å². The zero-order chi connectivity index (χ0) is 19.2. The van der Waals surface area contributed by atoms with Crippen LogP contribution in [0.15, 0.2) is 4.79 Å². The summed E-state index contributed by atoms with van der Waals surface area (Å²) in [5, 5.41) is 4.11. The first kappa shape index (κ1) is 17.8. The Morgan fingerprint density at radius 3 is 2.58 bits per heavy atom. The number of primary amides is 1. The molecule has 1 aliphatic rings. The quantitative estimate of drug-likeness (QED) is 0.779. The third kappa shape index (κ3) is 3.12. The molecule has 0 aliphatic heterocycles. The van der Waals surface area contributed by atoms with E-state index in [9.17, 15) is 14.4 Å². The van der Waals surface area contributed by atoms with E-state index in [0.29, 0.717) is 29.8 Å². The summed E-state index contributed by atoms with van der Waals surface area (Å²) < 4.78 is 6.60. The maximum atomic E-state index is 12.5. The molecule has 0 radical (unpaired) electrons. The van der Waals surface area contributed by atoms with E-state index in [1.54, 1.807) is 27.7 Å². The van der Waals surface area contributed by atoms with Gasteiger partial charge in [0.2, 0.25) is 5.95 Å². The number of nitrogens with zero attached hydrogens (tertiary/aromatic N) is 3. The number of aryl methyl sites for hydroxylation is 1. The number of carbonyl (C=O) groups is 2. The summed E-state index contributed by atoms with van der Waals surface area (Å²) in [7, 11) is 0. The summed E-state index contributed by atoms with van der Waals surface area (Å²) in [6.45, 7) is 6.74. The lowest BCUT2D eigenvalue weighted by Gasteiger charge is -2.19. The molecule has 1 aliphatic carbocycles. The highest BCUT2D eigenvalue weighted by atomic mass is 16.6. The van der Waals surface area contributed by atoms with Crippen molar-refractivity contribution in [1.29, 1.82) is 0 Å². The normalized spacial score (nSPS) is 13.5. The van der Waals surface area contributed by atoms with E-state index in [1.807, 2.05) is 0 Å². The number of H-pyrrole nitrogens is 1. The van der Waals surface area contributed by atoms with Crippen LogP contribution >= 0.6 is 0 Å². The number of aromatic nitrogens is 4. The van der Waals surface area contributed by atoms with Gasteiger partial charge in [-0.3, -0.25) is 14.6 Å². The van der Waals surface area contributed by atoms with E-state index < -0.39 is 17.5 Å². The van der Waals surface area contributed by atoms with Crippen molar-refractivity contribution in [1.82, 2.24) is 19.7 Å². The summed E-state index contributed by atoms with van der Waals surface area (Å²) in [6, 6.07) is 0. The number of nitrogens with two attached hydrogens (primary N) is 1. The molecule has 2 heterocycles. The van der Waals surface area contributed by atoms with E-state index in [2.05, 4.69) is 15.1 Å². The molecule has 0 spiro atoms. The van der Waals surface area contributed by atoms with Crippen LogP contribution in [0.1, 0.15) is 65.0 Å². The second-order valence-electron chi connectivity index (χ2n) is 7.26. The molecular weight excluding hydrogens is 338 g/mol. The fourth-order valence-corrected chi connectivity index (χ4v) is 2.98. The van der Waals surface area contributed by atoms with Gasteiger partial charge in [0.25, 0.3) is 11.5 Å². The lowest BCUT2D eigenvalue weighted by atomic mass is 10.1. The molecule has 9 heteroatoms. The molecule has 0 bridgehead atoms. The van der Waals surface area contributed by atoms with Crippen LogP contribution in [0.5, 0.6) is 0 Å². The Kier molecular flexibility index (Phi) is 4.17. The van der Waals surface area contributed by atoms with Crippen LogP contribution in [0.3, 0.4) is 0 Å². The number of hydrogen-bond donors (Lipinski definition) is 2. The van der Waals surface area contributed by atoms with E-state index in [-0.39, 0.29) is 22.8 Å². The fraction of sp³-hybridized carbons (Fsp3) is 0.471. The van der Waals surface area contributed by atoms with E-state index >= 15 is 0 Å². The van der Waals surface area contributed by atoms with E-state index in [1.165, 1.54) is 4.68 Å². The third-order valence-corrected chi connectivity index (χ3v) is 4.08. The molecule has 9 nitrogen and oxygen atoms in total. The highest BCUT2D eigenvalue weighted by molar-refractivity contribution is 6.04. The van der Waals surface area contributed by atoms with Crippen LogP contribution in [0.2, 0.25) is 0 Å². The first-order chi connectivity index (χ1) is 12.1. The average Bonchev–Trinajstić information content (AvgIpc) is 3.09. The SMILES string of the molecule is Cc1c(C(=O)OC(C)(C)C)c(C(N)=O)nn1-c1nc2c(c(=O)[nH]1)CCC2. The summed E-state index contributed by atoms with van der Waals surface area (Å²) in [5.41, 5.74) is 5.83. The lowest BCUT2D eigenvalue weighted by molar-refractivity contribution is 0.00669. The monoisotopic (exact) mass is 359 g/mol. The number of fused-ring (bicyclic) bond motifs is 1. The predicted molar refractivity (Wildman–Crippen MR) is 92.4 cm³/mol. The molecule has 138 valence electrons. The second-order valence-corrected chi connectivity index (χ2v) is 7.26. The molecule has 0 unspecified atom stereocenters. The van der Waals surface area contributed by atoms with Crippen LogP contribution in [0.25, 0.3) is 5.95 Å². The van der Waals surface area contributed by atoms with E-state index in [0.717, 1.165) is 6.42 Å². The van der Waals surface area contributed by atoms with Crippen molar-refractivity contribution in [2.24, 2.45) is 5.73 Å². The molecule has 26 heavy (non-hydrogen) atoms. The first-order valence-corrected chi connectivity index (χ1v) is 8.33. The van der Waals surface area contributed by atoms with Crippen molar-refractivity contribution >= 4 is 11.9 Å². The molecule has 3 N–H and O–H groups in total. The maximum absolute atomic E-state index is 12.5. The van der Waals surface area contributed by atoms with Crippen LogP contribution in [-0.4, -0.2) is 37.2 Å². The smallest absolute Gasteiger partial charge is 0.343 e. The Morgan fingerprint density at radius 1 is 1.27 bits per heavy atom. The molecule has 0 saturated carbocycles. The van der Waals surface area contributed by atoms with E-state index in [4.69, 9.17) is 10.5 Å². The molecule has 2 aromatic heterocycles. The van der Waals surface area contributed by atoms with Gasteiger partial charge in [-0.15, -0.1) is 0 Å². The number of rotatable bonds is 3. The van der Waals surface area contributed by atoms with Gasteiger partial charge < -0.3 is 10.5 Å². The van der Waals surface area contributed by atoms with Gasteiger partial charge in [0, 0.05) is 5.56 Å². The maximum Gasteiger partial charge on any atom is 0.343 e. The summed E-state index contributed by atoms with van der Waals surface area (Å²) in [5.74, 6) is -1.43. The Labute approximate surface area is 149 Å². The summed E-state index contributed by atoms with van der Waals surface area (Å²) in [4.78, 5) is 43.7. The lowest BCUT2D eigenvalue weighted by Crippen LogP contribution is -2.26. The summed E-state index contributed by atoms with van der Waals surface area (Å²) >= 11 is 0. The molecular formula is C17H21N5O4. The van der Waals surface area contributed by atoms with Crippen molar-refractivity contribution < 1.29 is 14.3 Å². The van der Waals surface area contributed by atoms with Gasteiger partial charge in [-0.05, 0) is 47.0 Å². The van der Waals surface area contributed by atoms with Gasteiger partial charge in [0.1, 0.15) is 11.2 Å². The molecule has 1 amide bonds. The minimum atomic E-state index is -0.865. The minimum absolute atomic E-state index is 0.0319. The molecule has 3 rings (SSSR count). The Hall–Kier alpha value is -2.97. The van der Waals surface area contributed by atoms with Gasteiger partial charge in [-0.2, -0.15) is 5.10 Å². The second kappa shape index (κ2) is 6.08. The number of carbonyl (C=O) groups excluding carboxylic acids is 2. The van der Waals surface area contributed by atoms with Crippen LogP contribution in [0, 0.1) is 6.92 Å². The fourth-order valence-electron chi connectivity index (χ4n) is 2.98. The number of nitrogens with one attached hydrogen (secondary N) is 1. The molecule has 0 fully saturated rings. The van der Waals surface area contributed by atoms with Crippen molar-refractivity contribution in [3.05, 3.63) is 38.6 Å². The van der Waals surface area contributed by atoms with Crippen molar-refractivity contribution in [2.45, 2.75) is 52.6 Å². The topological polar surface area (TPSA) is 133 Å². The van der Waals surface area contributed by atoms with Crippen LogP contribution in [0.4, 0.5) is 0 Å². The third-order valence-electron chi connectivity index (χ3n) is 4.08. The summed E-state index contributed by atoms with van der Waals surface area (Å²) in [6.07, 6.45) is 2.25.